The monoisotopic (exact) mass is 202 g/mol. The van der Waals surface area contributed by atoms with Gasteiger partial charge in [-0.3, -0.25) is 0 Å². The second kappa shape index (κ2) is 3.28. The number of H-pyrrole nitrogens is 1. The highest BCUT2D eigenvalue weighted by Crippen LogP contribution is 2.27. The summed E-state index contributed by atoms with van der Waals surface area (Å²) < 4.78 is 5.22. The van der Waals surface area contributed by atoms with Gasteiger partial charge in [0.25, 0.3) is 0 Å². The predicted molar refractivity (Wildman–Crippen MR) is 60.3 cm³/mol. The van der Waals surface area contributed by atoms with Gasteiger partial charge in [0, 0.05) is 42.2 Å². The fraction of sp³-hybridized carbons (Fsp3) is 0.333. The third-order valence-electron chi connectivity index (χ3n) is 3.06. The van der Waals surface area contributed by atoms with Crippen LogP contribution in [0.15, 0.2) is 18.2 Å². The molecule has 0 amide bonds. The van der Waals surface area contributed by atoms with Crippen LogP contribution in [-0.4, -0.2) is 18.6 Å². The lowest BCUT2D eigenvalue weighted by molar-refractivity contribution is 0.415. The van der Waals surface area contributed by atoms with E-state index in [2.05, 4.69) is 22.4 Å². The molecule has 1 aromatic carbocycles. The Morgan fingerprint density at radius 3 is 3.13 bits per heavy atom. The number of nitrogens with one attached hydrogen (secondary N) is 2. The second-order valence-electron chi connectivity index (χ2n) is 3.92. The van der Waals surface area contributed by atoms with Gasteiger partial charge in [-0.25, -0.2) is 0 Å². The van der Waals surface area contributed by atoms with Crippen molar-refractivity contribution in [3.63, 3.8) is 0 Å². The summed E-state index contributed by atoms with van der Waals surface area (Å²) in [6.45, 7) is 2.04. The Labute approximate surface area is 88.4 Å². The molecule has 78 valence electrons. The summed E-state index contributed by atoms with van der Waals surface area (Å²) in [7, 11) is 1.70. The molecule has 0 saturated heterocycles. The summed E-state index contributed by atoms with van der Waals surface area (Å²) >= 11 is 0. The minimum atomic E-state index is 0.911. The van der Waals surface area contributed by atoms with E-state index in [1.807, 2.05) is 6.07 Å². The molecule has 0 fully saturated rings. The molecular weight excluding hydrogens is 188 g/mol. The van der Waals surface area contributed by atoms with E-state index in [9.17, 15) is 0 Å². The van der Waals surface area contributed by atoms with Crippen LogP contribution in [0.5, 0.6) is 5.75 Å². The number of methoxy groups -OCH3 is 1. The summed E-state index contributed by atoms with van der Waals surface area (Å²) in [6, 6.07) is 6.22. The molecule has 2 heterocycles. The predicted octanol–water partition coefficient (Wildman–Crippen LogP) is 1.82. The van der Waals surface area contributed by atoms with Crippen LogP contribution in [0.4, 0.5) is 0 Å². The smallest absolute Gasteiger partial charge is 0.120 e. The number of fused-ring (bicyclic) bond motifs is 3. The lowest BCUT2D eigenvalue weighted by Crippen LogP contribution is -2.22. The molecule has 1 aromatic heterocycles. The van der Waals surface area contributed by atoms with Gasteiger partial charge in [-0.2, -0.15) is 0 Å². The summed E-state index contributed by atoms with van der Waals surface area (Å²) in [5.41, 5.74) is 3.97. The number of aromatic nitrogens is 1. The fourth-order valence-corrected chi connectivity index (χ4v) is 2.26. The molecule has 15 heavy (non-hydrogen) atoms. The molecule has 0 aliphatic carbocycles. The van der Waals surface area contributed by atoms with Crippen molar-refractivity contribution >= 4 is 10.9 Å². The molecule has 2 aromatic rings. The van der Waals surface area contributed by atoms with E-state index in [1.165, 1.54) is 22.2 Å². The highest BCUT2D eigenvalue weighted by Gasteiger charge is 2.14. The Morgan fingerprint density at radius 2 is 2.27 bits per heavy atom. The van der Waals surface area contributed by atoms with Gasteiger partial charge in [-0.1, -0.05) is 0 Å². The molecule has 0 spiro atoms. The van der Waals surface area contributed by atoms with E-state index in [1.54, 1.807) is 7.11 Å². The SMILES string of the molecule is COc1ccc2c3c([nH]c2c1)CCNC3. The van der Waals surface area contributed by atoms with Gasteiger partial charge < -0.3 is 15.0 Å². The van der Waals surface area contributed by atoms with Crippen LogP contribution in [0, 0.1) is 0 Å². The van der Waals surface area contributed by atoms with E-state index < -0.39 is 0 Å². The molecule has 3 rings (SSSR count). The first-order valence-electron chi connectivity index (χ1n) is 5.26. The summed E-state index contributed by atoms with van der Waals surface area (Å²) in [6.07, 6.45) is 1.09. The molecule has 2 N–H and O–H groups in total. The van der Waals surface area contributed by atoms with Crippen molar-refractivity contribution in [1.29, 1.82) is 0 Å². The number of aromatic amines is 1. The maximum absolute atomic E-state index is 5.22. The summed E-state index contributed by atoms with van der Waals surface area (Å²) in [4.78, 5) is 3.47. The van der Waals surface area contributed by atoms with Crippen molar-refractivity contribution < 1.29 is 4.74 Å². The molecule has 3 heteroatoms. The zero-order valence-corrected chi connectivity index (χ0v) is 8.76. The van der Waals surface area contributed by atoms with Crippen LogP contribution in [0.3, 0.4) is 0 Å². The Bertz CT molecular complexity index is 502. The van der Waals surface area contributed by atoms with E-state index >= 15 is 0 Å². The fourth-order valence-electron chi connectivity index (χ4n) is 2.26. The Kier molecular flexibility index (Phi) is 1.92. The van der Waals surface area contributed by atoms with Crippen molar-refractivity contribution in [2.24, 2.45) is 0 Å². The minimum absolute atomic E-state index is 0.911. The summed E-state index contributed by atoms with van der Waals surface area (Å²) in [5, 5.41) is 4.71. The third kappa shape index (κ3) is 1.31. The van der Waals surface area contributed by atoms with Crippen LogP contribution in [0.1, 0.15) is 11.3 Å². The average molecular weight is 202 g/mol. The first kappa shape index (κ1) is 8.80. The van der Waals surface area contributed by atoms with Crippen LogP contribution in [0.25, 0.3) is 10.9 Å². The zero-order chi connectivity index (χ0) is 10.3. The normalized spacial score (nSPS) is 15.3. The highest BCUT2D eigenvalue weighted by atomic mass is 16.5. The molecule has 1 aliphatic heterocycles. The standard InChI is InChI=1S/C12H14N2O/c1-15-8-2-3-9-10-7-13-5-4-11(10)14-12(9)6-8/h2-3,6,13-14H,4-5,7H2,1H3. The number of hydrogen-bond donors (Lipinski definition) is 2. The number of hydrogen-bond acceptors (Lipinski definition) is 2. The molecule has 0 bridgehead atoms. The van der Waals surface area contributed by atoms with Crippen molar-refractivity contribution in [2.45, 2.75) is 13.0 Å². The quantitative estimate of drug-likeness (QED) is 0.740. The zero-order valence-electron chi connectivity index (χ0n) is 8.76. The molecule has 3 nitrogen and oxygen atoms in total. The van der Waals surface area contributed by atoms with Crippen LogP contribution >= 0.6 is 0 Å². The Morgan fingerprint density at radius 1 is 1.33 bits per heavy atom. The van der Waals surface area contributed by atoms with Gasteiger partial charge in [-0.05, 0) is 17.7 Å². The second-order valence-corrected chi connectivity index (χ2v) is 3.92. The topological polar surface area (TPSA) is 37.0 Å². The molecule has 0 radical (unpaired) electrons. The number of benzene rings is 1. The first-order chi connectivity index (χ1) is 7.38. The van der Waals surface area contributed by atoms with Crippen LogP contribution < -0.4 is 10.1 Å². The van der Waals surface area contributed by atoms with E-state index in [0.29, 0.717) is 0 Å². The van der Waals surface area contributed by atoms with Crippen molar-refractivity contribution in [2.75, 3.05) is 13.7 Å². The highest BCUT2D eigenvalue weighted by molar-refractivity contribution is 5.86. The maximum Gasteiger partial charge on any atom is 0.120 e. The Hall–Kier alpha value is -1.48. The van der Waals surface area contributed by atoms with E-state index in [4.69, 9.17) is 4.74 Å². The van der Waals surface area contributed by atoms with Gasteiger partial charge in [0.05, 0.1) is 7.11 Å². The molecule has 0 unspecified atom stereocenters. The minimum Gasteiger partial charge on any atom is -0.497 e. The lowest BCUT2D eigenvalue weighted by Gasteiger charge is -2.12. The van der Waals surface area contributed by atoms with Gasteiger partial charge in [0.2, 0.25) is 0 Å². The first-order valence-corrected chi connectivity index (χ1v) is 5.26. The van der Waals surface area contributed by atoms with Crippen LogP contribution in [0.2, 0.25) is 0 Å². The lowest BCUT2D eigenvalue weighted by atomic mass is 10.1. The number of ether oxygens (including phenoxy) is 1. The number of rotatable bonds is 1. The van der Waals surface area contributed by atoms with Crippen molar-refractivity contribution in [3.05, 3.63) is 29.5 Å². The van der Waals surface area contributed by atoms with Gasteiger partial charge in [-0.15, -0.1) is 0 Å². The van der Waals surface area contributed by atoms with Gasteiger partial charge in [0.1, 0.15) is 5.75 Å². The van der Waals surface area contributed by atoms with Crippen molar-refractivity contribution in [3.8, 4) is 5.75 Å². The van der Waals surface area contributed by atoms with Crippen molar-refractivity contribution in [1.82, 2.24) is 10.3 Å². The molecule has 0 atom stereocenters. The largest absolute Gasteiger partial charge is 0.497 e. The molecule has 0 saturated carbocycles. The Balaban J connectivity index is 2.22. The third-order valence-corrected chi connectivity index (χ3v) is 3.06. The maximum atomic E-state index is 5.22. The van der Waals surface area contributed by atoms with Gasteiger partial charge in [0.15, 0.2) is 0 Å². The van der Waals surface area contributed by atoms with Gasteiger partial charge >= 0.3 is 0 Å². The summed E-state index contributed by atoms with van der Waals surface area (Å²) in [5.74, 6) is 0.911. The van der Waals surface area contributed by atoms with E-state index in [0.717, 1.165) is 25.3 Å². The molecule has 1 aliphatic rings. The average Bonchev–Trinajstić information content (AvgIpc) is 2.66. The van der Waals surface area contributed by atoms with Crippen LogP contribution in [-0.2, 0) is 13.0 Å². The van der Waals surface area contributed by atoms with E-state index in [-0.39, 0.29) is 0 Å². The molecular formula is C12H14N2O.